The van der Waals surface area contributed by atoms with Gasteiger partial charge in [-0.1, -0.05) is 24.3 Å². The van der Waals surface area contributed by atoms with Gasteiger partial charge >= 0.3 is 5.69 Å². The summed E-state index contributed by atoms with van der Waals surface area (Å²) in [5.41, 5.74) is 3.09. The number of aryl methyl sites for hydroxylation is 2. The van der Waals surface area contributed by atoms with Gasteiger partial charge in [-0.15, -0.1) is 0 Å². The minimum Gasteiger partial charge on any atom is -0.481 e. The first kappa shape index (κ1) is 31.3. The van der Waals surface area contributed by atoms with Crippen LogP contribution in [0.25, 0.3) is 22.4 Å². The number of anilines is 1. The first-order chi connectivity index (χ1) is 22.1. The first-order valence-electron chi connectivity index (χ1n) is 15.2. The molecular formula is C34H36FN5O6. The second kappa shape index (κ2) is 12.6. The Labute approximate surface area is 264 Å². The number of nitrogens with zero attached hydrogens (tertiary/aromatic N) is 3. The molecule has 46 heavy (non-hydrogen) atoms. The quantitative estimate of drug-likeness (QED) is 0.284. The molecule has 3 atom stereocenters. The van der Waals surface area contributed by atoms with E-state index in [-0.39, 0.29) is 17.6 Å². The number of aliphatic hydroxyl groups excluding tert-OH is 1. The molecule has 0 saturated carbocycles. The molecule has 0 spiro atoms. The summed E-state index contributed by atoms with van der Waals surface area (Å²) in [6.45, 7) is 2.64. The maximum Gasteiger partial charge on any atom is 0.330 e. The third-order valence-electron chi connectivity index (χ3n) is 8.93. The van der Waals surface area contributed by atoms with Crippen LogP contribution in [0.15, 0.2) is 58.3 Å². The Morgan fingerprint density at radius 3 is 2.61 bits per heavy atom. The zero-order valence-corrected chi connectivity index (χ0v) is 26.1. The van der Waals surface area contributed by atoms with E-state index in [0.29, 0.717) is 59.1 Å². The summed E-state index contributed by atoms with van der Waals surface area (Å²) < 4.78 is 29.5. The number of methoxy groups -OCH3 is 1. The van der Waals surface area contributed by atoms with Crippen molar-refractivity contribution in [2.75, 3.05) is 25.6 Å². The summed E-state index contributed by atoms with van der Waals surface area (Å²) in [4.78, 5) is 42.5. The van der Waals surface area contributed by atoms with Gasteiger partial charge in [0, 0.05) is 61.4 Å². The van der Waals surface area contributed by atoms with Crippen LogP contribution in [0.2, 0.25) is 0 Å². The number of carbonyl (C=O) groups excluding carboxylic acids is 1. The van der Waals surface area contributed by atoms with Crippen molar-refractivity contribution in [3.63, 3.8) is 0 Å². The van der Waals surface area contributed by atoms with Crippen LogP contribution in [0.4, 0.5) is 10.1 Å². The number of hydrogen-bond acceptors (Lipinski definition) is 8. The molecule has 1 fully saturated rings. The largest absolute Gasteiger partial charge is 0.481 e. The Morgan fingerprint density at radius 1 is 1.11 bits per heavy atom. The molecule has 240 valence electrons. The second-order valence-corrected chi connectivity index (χ2v) is 11.8. The third-order valence-corrected chi connectivity index (χ3v) is 8.93. The monoisotopic (exact) mass is 629 g/mol. The van der Waals surface area contributed by atoms with Gasteiger partial charge < -0.3 is 29.8 Å². The van der Waals surface area contributed by atoms with E-state index in [1.807, 2.05) is 6.07 Å². The number of pyridine rings is 1. The number of rotatable bonds is 7. The van der Waals surface area contributed by atoms with E-state index in [1.165, 1.54) is 20.3 Å². The Hall–Kier alpha value is -4.65. The minimum absolute atomic E-state index is 0.0537. The Kier molecular flexibility index (Phi) is 8.60. The van der Waals surface area contributed by atoms with Crippen LogP contribution in [0.5, 0.6) is 5.88 Å². The molecule has 2 aliphatic rings. The van der Waals surface area contributed by atoms with Crippen molar-refractivity contribution in [3.8, 4) is 28.3 Å². The number of ether oxygens (including phenoxy) is 2. The number of nitrogens with one attached hydrogen (secondary N) is 2. The van der Waals surface area contributed by atoms with Gasteiger partial charge in [0.05, 0.1) is 25.5 Å². The van der Waals surface area contributed by atoms with Crippen LogP contribution < -0.4 is 26.6 Å². The second-order valence-electron chi connectivity index (χ2n) is 11.8. The zero-order valence-electron chi connectivity index (χ0n) is 26.1. The lowest BCUT2D eigenvalue weighted by Gasteiger charge is -2.31. The number of aliphatic hydroxyl groups is 1. The molecule has 4 aromatic rings. The van der Waals surface area contributed by atoms with Gasteiger partial charge in [0.25, 0.3) is 11.5 Å². The Bertz CT molecular complexity index is 1950. The summed E-state index contributed by atoms with van der Waals surface area (Å²) in [5, 5.41) is 16.7. The van der Waals surface area contributed by atoms with E-state index in [2.05, 4.69) is 10.6 Å². The van der Waals surface area contributed by atoms with E-state index in [1.54, 1.807) is 50.4 Å². The minimum atomic E-state index is -0.714. The van der Waals surface area contributed by atoms with Gasteiger partial charge in [0.1, 0.15) is 11.4 Å². The predicted octanol–water partition coefficient (Wildman–Crippen LogP) is 3.25. The van der Waals surface area contributed by atoms with E-state index in [9.17, 15) is 19.5 Å². The van der Waals surface area contributed by atoms with E-state index in [0.717, 1.165) is 33.1 Å². The van der Waals surface area contributed by atoms with Crippen molar-refractivity contribution in [2.45, 2.75) is 44.4 Å². The SMILES string of the molecule is COc1nc(-c2cccc(-c3cccc(NC(=O)c4cn(C)c(=O)n(C)c4=O)c3C)c2F)cc2c1C(NC1CCOCC1O)CC2. The van der Waals surface area contributed by atoms with Crippen molar-refractivity contribution >= 4 is 11.6 Å². The van der Waals surface area contributed by atoms with Crippen molar-refractivity contribution < 1.29 is 23.8 Å². The molecule has 1 aliphatic carbocycles. The highest BCUT2D eigenvalue weighted by atomic mass is 19.1. The van der Waals surface area contributed by atoms with Crippen LogP contribution in [0.3, 0.4) is 0 Å². The molecule has 6 rings (SSSR count). The number of aromatic nitrogens is 3. The van der Waals surface area contributed by atoms with Crippen LogP contribution in [-0.2, 0) is 25.3 Å². The number of fused-ring (bicyclic) bond motifs is 1. The van der Waals surface area contributed by atoms with Gasteiger partial charge in [-0.3, -0.25) is 14.2 Å². The molecule has 3 N–H and O–H groups in total. The lowest BCUT2D eigenvalue weighted by atomic mass is 9.95. The highest BCUT2D eigenvalue weighted by Gasteiger charge is 2.33. The fourth-order valence-corrected chi connectivity index (χ4v) is 6.40. The molecular weight excluding hydrogens is 593 g/mol. The lowest BCUT2D eigenvalue weighted by molar-refractivity contribution is -0.0304. The Balaban J connectivity index is 1.31. The van der Waals surface area contributed by atoms with Crippen molar-refractivity contribution in [2.24, 2.45) is 14.1 Å². The summed E-state index contributed by atoms with van der Waals surface area (Å²) in [5.74, 6) is -0.743. The van der Waals surface area contributed by atoms with Gasteiger partial charge in [-0.25, -0.2) is 14.2 Å². The molecule has 0 bridgehead atoms. The molecule has 1 saturated heterocycles. The van der Waals surface area contributed by atoms with Crippen LogP contribution in [-0.4, -0.2) is 57.6 Å². The number of carbonyl (C=O) groups is 1. The van der Waals surface area contributed by atoms with Crippen molar-refractivity contribution in [3.05, 3.63) is 97.6 Å². The maximum atomic E-state index is 16.4. The summed E-state index contributed by atoms with van der Waals surface area (Å²) >= 11 is 0. The topological polar surface area (TPSA) is 137 Å². The summed E-state index contributed by atoms with van der Waals surface area (Å²) in [7, 11) is 4.31. The van der Waals surface area contributed by atoms with Crippen molar-refractivity contribution in [1.82, 2.24) is 19.4 Å². The van der Waals surface area contributed by atoms with Crippen LogP contribution >= 0.6 is 0 Å². The molecule has 2 aromatic heterocycles. The van der Waals surface area contributed by atoms with E-state index < -0.39 is 29.1 Å². The summed E-state index contributed by atoms with van der Waals surface area (Å²) in [6.07, 6.45) is 2.86. The van der Waals surface area contributed by atoms with E-state index >= 15 is 4.39 Å². The van der Waals surface area contributed by atoms with E-state index in [4.69, 9.17) is 14.5 Å². The molecule has 11 nitrogen and oxygen atoms in total. The van der Waals surface area contributed by atoms with Crippen LogP contribution in [0.1, 0.15) is 45.9 Å². The molecule has 3 heterocycles. The highest BCUT2D eigenvalue weighted by molar-refractivity contribution is 6.04. The number of hydrogen-bond donors (Lipinski definition) is 3. The van der Waals surface area contributed by atoms with Gasteiger partial charge in [-0.05, 0) is 61.1 Å². The molecule has 2 aromatic carbocycles. The number of halogens is 1. The fraction of sp³-hybridized carbons (Fsp3) is 0.353. The molecule has 3 unspecified atom stereocenters. The van der Waals surface area contributed by atoms with Gasteiger partial charge in [-0.2, -0.15) is 0 Å². The predicted molar refractivity (Wildman–Crippen MR) is 171 cm³/mol. The molecule has 12 heteroatoms. The fourth-order valence-electron chi connectivity index (χ4n) is 6.40. The average molecular weight is 630 g/mol. The normalized spacial score (nSPS) is 19.1. The number of amides is 1. The van der Waals surface area contributed by atoms with Crippen LogP contribution in [0, 0.1) is 12.7 Å². The maximum absolute atomic E-state index is 16.4. The summed E-state index contributed by atoms with van der Waals surface area (Å²) in [6, 6.07) is 12.0. The van der Waals surface area contributed by atoms with Gasteiger partial charge in [0.2, 0.25) is 5.88 Å². The molecule has 1 aliphatic heterocycles. The van der Waals surface area contributed by atoms with Gasteiger partial charge in [0.15, 0.2) is 0 Å². The average Bonchev–Trinajstić information content (AvgIpc) is 3.46. The number of benzene rings is 2. The van der Waals surface area contributed by atoms with Crippen molar-refractivity contribution in [1.29, 1.82) is 0 Å². The molecule has 1 amide bonds. The highest BCUT2D eigenvalue weighted by Crippen LogP contribution is 2.41. The standard InChI is InChI=1S/C34H36FN5O6/c1-18-20(7-6-10-24(18)37-31(42)23-16-39(2)34(44)40(3)33(23)43)21-8-5-9-22(30(21)35)27-15-19-11-12-26(29(19)32(38-27)45-4)36-25-13-14-46-17-28(25)41/h5-10,15-16,25-26,28,36,41H,11-14,17H2,1-4H3,(H,37,42). The zero-order chi connectivity index (χ0) is 32.7. The lowest BCUT2D eigenvalue weighted by Crippen LogP contribution is -2.47. The Morgan fingerprint density at radius 2 is 1.85 bits per heavy atom. The molecule has 0 radical (unpaired) electrons. The first-order valence-corrected chi connectivity index (χ1v) is 15.2. The smallest absolute Gasteiger partial charge is 0.330 e. The third kappa shape index (κ3) is 5.63.